The molecule has 2 rings (SSSR count). The molecule has 4 heteroatoms. The van der Waals surface area contributed by atoms with E-state index in [0.717, 1.165) is 18.0 Å². The molecule has 0 saturated heterocycles. The van der Waals surface area contributed by atoms with Crippen molar-refractivity contribution in [3.05, 3.63) is 39.9 Å². The third kappa shape index (κ3) is 3.03. The van der Waals surface area contributed by atoms with Crippen molar-refractivity contribution >= 4 is 5.69 Å². The number of hydrogen-bond acceptors (Lipinski definition) is 3. The summed E-state index contributed by atoms with van der Waals surface area (Å²) in [7, 11) is 2.12. The number of rotatable bonds is 5. The Morgan fingerprint density at radius 1 is 1.41 bits per heavy atom. The first-order valence-electron chi connectivity index (χ1n) is 6.01. The van der Waals surface area contributed by atoms with Crippen LogP contribution in [0.25, 0.3) is 0 Å². The summed E-state index contributed by atoms with van der Waals surface area (Å²) in [6.07, 6.45) is 2.68. The first-order chi connectivity index (χ1) is 8.08. The topological polar surface area (TPSA) is 46.4 Å². The van der Waals surface area contributed by atoms with Crippen LogP contribution in [0.4, 0.5) is 5.69 Å². The molecule has 1 aromatic rings. The highest BCUT2D eigenvalue weighted by Crippen LogP contribution is 2.35. The van der Waals surface area contributed by atoms with Crippen LogP contribution in [0.5, 0.6) is 0 Å². The third-order valence-corrected chi connectivity index (χ3v) is 3.58. The Bertz CT molecular complexity index is 398. The van der Waals surface area contributed by atoms with Gasteiger partial charge in [-0.1, -0.05) is 12.1 Å². The lowest BCUT2D eigenvalue weighted by Crippen LogP contribution is -2.30. The first kappa shape index (κ1) is 12.0. The van der Waals surface area contributed by atoms with Crippen molar-refractivity contribution in [2.45, 2.75) is 32.4 Å². The van der Waals surface area contributed by atoms with Crippen molar-refractivity contribution in [1.82, 2.24) is 4.90 Å². The Kier molecular flexibility index (Phi) is 3.43. The summed E-state index contributed by atoms with van der Waals surface area (Å²) in [4.78, 5) is 12.5. The van der Waals surface area contributed by atoms with Crippen LogP contribution in [0.3, 0.4) is 0 Å². The Balaban J connectivity index is 1.95. The molecule has 1 unspecified atom stereocenters. The number of nitro benzene ring substituents is 1. The Hall–Kier alpha value is -1.42. The van der Waals surface area contributed by atoms with E-state index in [4.69, 9.17) is 0 Å². The fraction of sp³-hybridized carbons (Fsp3) is 0.538. The van der Waals surface area contributed by atoms with Crippen LogP contribution in [-0.2, 0) is 6.54 Å². The predicted molar refractivity (Wildman–Crippen MR) is 66.7 cm³/mol. The van der Waals surface area contributed by atoms with Crippen molar-refractivity contribution in [3.8, 4) is 0 Å². The molecule has 0 aromatic heterocycles. The smallest absolute Gasteiger partial charge is 0.269 e. The summed E-state index contributed by atoms with van der Waals surface area (Å²) in [6, 6.07) is 7.43. The van der Waals surface area contributed by atoms with Gasteiger partial charge < -0.3 is 0 Å². The molecule has 1 aliphatic rings. The summed E-state index contributed by atoms with van der Waals surface area (Å²) in [6.45, 7) is 3.11. The maximum Gasteiger partial charge on any atom is 0.269 e. The summed E-state index contributed by atoms with van der Waals surface area (Å²) in [5.41, 5.74) is 1.29. The lowest BCUT2D eigenvalue weighted by atomic mass is 10.1. The van der Waals surface area contributed by atoms with Crippen LogP contribution >= 0.6 is 0 Å². The predicted octanol–water partition coefficient (Wildman–Crippen LogP) is 2.83. The largest absolute Gasteiger partial charge is 0.299 e. The second-order valence-corrected chi connectivity index (χ2v) is 4.92. The van der Waals surface area contributed by atoms with Crippen LogP contribution < -0.4 is 0 Å². The molecule has 0 bridgehead atoms. The lowest BCUT2D eigenvalue weighted by molar-refractivity contribution is -0.384. The summed E-state index contributed by atoms with van der Waals surface area (Å²) in [5.74, 6) is 0.845. The molecule has 17 heavy (non-hydrogen) atoms. The van der Waals surface area contributed by atoms with Crippen LogP contribution in [0, 0.1) is 16.0 Å². The normalized spacial score (nSPS) is 17.1. The second kappa shape index (κ2) is 4.84. The van der Waals surface area contributed by atoms with Gasteiger partial charge in [-0.25, -0.2) is 0 Å². The van der Waals surface area contributed by atoms with Crippen molar-refractivity contribution in [2.75, 3.05) is 7.05 Å². The van der Waals surface area contributed by atoms with Gasteiger partial charge in [0.05, 0.1) is 4.92 Å². The first-order valence-corrected chi connectivity index (χ1v) is 6.01. The minimum atomic E-state index is -0.361. The minimum absolute atomic E-state index is 0.159. The van der Waals surface area contributed by atoms with Gasteiger partial charge in [-0.2, -0.15) is 0 Å². The number of non-ortho nitro benzene ring substituents is 1. The average molecular weight is 234 g/mol. The second-order valence-electron chi connectivity index (χ2n) is 4.92. The number of nitrogens with zero attached hydrogens (tertiary/aromatic N) is 2. The van der Waals surface area contributed by atoms with E-state index in [2.05, 4.69) is 18.9 Å². The molecule has 4 nitrogen and oxygen atoms in total. The molecule has 1 fully saturated rings. The van der Waals surface area contributed by atoms with Gasteiger partial charge in [-0.3, -0.25) is 15.0 Å². The molecule has 0 aliphatic heterocycles. The van der Waals surface area contributed by atoms with E-state index < -0.39 is 0 Å². The maximum absolute atomic E-state index is 10.5. The van der Waals surface area contributed by atoms with Crippen LogP contribution in [0.15, 0.2) is 24.3 Å². The van der Waals surface area contributed by atoms with Gasteiger partial charge >= 0.3 is 0 Å². The minimum Gasteiger partial charge on any atom is -0.299 e. The van der Waals surface area contributed by atoms with Crippen molar-refractivity contribution in [1.29, 1.82) is 0 Å². The maximum atomic E-state index is 10.5. The highest BCUT2D eigenvalue weighted by molar-refractivity contribution is 5.32. The molecular formula is C13H18N2O2. The SMILES string of the molecule is CC(C1CC1)N(C)Cc1ccc([N+](=O)[O-])cc1. The van der Waals surface area contributed by atoms with Crippen LogP contribution in [-0.4, -0.2) is 22.9 Å². The molecule has 0 radical (unpaired) electrons. The fourth-order valence-corrected chi connectivity index (χ4v) is 2.09. The van der Waals surface area contributed by atoms with E-state index in [1.165, 1.54) is 12.8 Å². The van der Waals surface area contributed by atoms with E-state index in [9.17, 15) is 10.1 Å². The van der Waals surface area contributed by atoms with Crippen molar-refractivity contribution in [2.24, 2.45) is 5.92 Å². The van der Waals surface area contributed by atoms with E-state index in [0.29, 0.717) is 6.04 Å². The quantitative estimate of drug-likeness (QED) is 0.581. The third-order valence-electron chi connectivity index (χ3n) is 3.58. The van der Waals surface area contributed by atoms with E-state index >= 15 is 0 Å². The van der Waals surface area contributed by atoms with Gasteiger partial charge in [0.1, 0.15) is 0 Å². The zero-order valence-corrected chi connectivity index (χ0v) is 10.3. The van der Waals surface area contributed by atoms with Gasteiger partial charge in [-0.15, -0.1) is 0 Å². The number of benzene rings is 1. The fourth-order valence-electron chi connectivity index (χ4n) is 2.09. The summed E-state index contributed by atoms with van der Waals surface area (Å²) in [5, 5.41) is 10.5. The zero-order valence-electron chi connectivity index (χ0n) is 10.3. The van der Waals surface area contributed by atoms with Gasteiger partial charge in [-0.05, 0) is 38.3 Å². The average Bonchev–Trinajstić information content (AvgIpc) is 3.12. The molecular weight excluding hydrogens is 216 g/mol. The van der Waals surface area contributed by atoms with Crippen molar-refractivity contribution in [3.63, 3.8) is 0 Å². The Morgan fingerprint density at radius 2 is 2.00 bits per heavy atom. The van der Waals surface area contributed by atoms with Gasteiger partial charge in [0.15, 0.2) is 0 Å². The number of hydrogen-bond donors (Lipinski definition) is 0. The highest BCUT2D eigenvalue weighted by atomic mass is 16.6. The van der Waals surface area contributed by atoms with Gasteiger partial charge in [0, 0.05) is 24.7 Å². The molecule has 92 valence electrons. The molecule has 0 N–H and O–H groups in total. The highest BCUT2D eigenvalue weighted by Gasteiger charge is 2.30. The standard InChI is InChI=1S/C13H18N2O2/c1-10(12-5-6-12)14(2)9-11-3-7-13(8-4-11)15(16)17/h3-4,7-8,10,12H,5-6,9H2,1-2H3. The Labute approximate surface area is 101 Å². The molecule has 0 amide bonds. The monoisotopic (exact) mass is 234 g/mol. The molecule has 0 heterocycles. The lowest BCUT2D eigenvalue weighted by Gasteiger charge is -2.24. The van der Waals surface area contributed by atoms with E-state index in [1.54, 1.807) is 12.1 Å². The van der Waals surface area contributed by atoms with Gasteiger partial charge in [0.25, 0.3) is 5.69 Å². The molecule has 1 atom stereocenters. The molecule has 0 spiro atoms. The zero-order chi connectivity index (χ0) is 12.4. The summed E-state index contributed by atoms with van der Waals surface area (Å²) < 4.78 is 0. The summed E-state index contributed by atoms with van der Waals surface area (Å²) >= 11 is 0. The van der Waals surface area contributed by atoms with Crippen LogP contribution in [0.2, 0.25) is 0 Å². The number of nitro groups is 1. The van der Waals surface area contributed by atoms with E-state index in [-0.39, 0.29) is 10.6 Å². The van der Waals surface area contributed by atoms with E-state index in [1.807, 2.05) is 12.1 Å². The Morgan fingerprint density at radius 3 is 2.47 bits per heavy atom. The van der Waals surface area contributed by atoms with Gasteiger partial charge in [0.2, 0.25) is 0 Å². The molecule has 1 aliphatic carbocycles. The molecule has 1 aromatic carbocycles. The van der Waals surface area contributed by atoms with Crippen molar-refractivity contribution < 1.29 is 4.92 Å². The molecule has 1 saturated carbocycles. The van der Waals surface area contributed by atoms with Crippen LogP contribution in [0.1, 0.15) is 25.3 Å².